The lowest BCUT2D eigenvalue weighted by molar-refractivity contribution is -0.136. The van der Waals surface area contributed by atoms with Crippen LogP contribution >= 0.6 is 0 Å². The predicted octanol–water partition coefficient (Wildman–Crippen LogP) is 4.26. The van der Waals surface area contributed by atoms with Crippen LogP contribution in [0.3, 0.4) is 0 Å². The molecule has 4 nitrogen and oxygen atoms in total. The van der Waals surface area contributed by atoms with Gasteiger partial charge in [-0.15, -0.1) is 0 Å². The Kier molecular flexibility index (Phi) is 6.52. The van der Waals surface area contributed by atoms with E-state index in [0.717, 1.165) is 11.1 Å². The van der Waals surface area contributed by atoms with Gasteiger partial charge in [0, 0.05) is 11.6 Å². The zero-order valence-corrected chi connectivity index (χ0v) is 14.7. The summed E-state index contributed by atoms with van der Waals surface area (Å²) in [6.45, 7) is 3.91. The van der Waals surface area contributed by atoms with Crippen molar-refractivity contribution in [2.45, 2.75) is 19.8 Å². The van der Waals surface area contributed by atoms with E-state index in [1.54, 1.807) is 31.4 Å². The lowest BCUT2D eigenvalue weighted by atomic mass is 10.0. The summed E-state index contributed by atoms with van der Waals surface area (Å²) in [6, 6.07) is 14.6. The van der Waals surface area contributed by atoms with Crippen LogP contribution in [-0.4, -0.2) is 25.5 Å². The van der Waals surface area contributed by atoms with Crippen LogP contribution in [0.1, 0.15) is 41.3 Å². The topological polar surface area (TPSA) is 52.6 Å². The van der Waals surface area contributed by atoms with Crippen molar-refractivity contribution >= 4 is 17.8 Å². The number of carbonyl (C=O) groups excluding carboxylic acids is 2. The zero-order valence-electron chi connectivity index (χ0n) is 14.7. The van der Waals surface area contributed by atoms with Gasteiger partial charge in [-0.2, -0.15) is 0 Å². The molecule has 0 aliphatic heterocycles. The molecule has 2 rings (SSSR count). The van der Waals surface area contributed by atoms with Crippen molar-refractivity contribution in [3.05, 3.63) is 71.3 Å². The second-order valence-electron chi connectivity index (χ2n) is 5.92. The maximum Gasteiger partial charge on any atom is 0.331 e. The van der Waals surface area contributed by atoms with Crippen LogP contribution in [0.5, 0.6) is 5.75 Å². The molecule has 0 saturated carbocycles. The molecule has 0 N–H and O–H groups in total. The fraction of sp³-hybridized carbons (Fsp3) is 0.238. The SMILES string of the molecule is COc1cccc(/C=C/C(=O)OCC(=O)c2ccc(C(C)C)cc2)c1. The molecule has 0 heterocycles. The van der Waals surface area contributed by atoms with Crippen LogP contribution in [-0.2, 0) is 9.53 Å². The van der Waals surface area contributed by atoms with E-state index in [1.165, 1.54) is 6.08 Å². The number of hydrogen-bond donors (Lipinski definition) is 0. The van der Waals surface area contributed by atoms with Gasteiger partial charge >= 0.3 is 5.97 Å². The summed E-state index contributed by atoms with van der Waals surface area (Å²) in [7, 11) is 1.58. The second kappa shape index (κ2) is 8.83. The van der Waals surface area contributed by atoms with Crippen molar-refractivity contribution in [2.75, 3.05) is 13.7 Å². The number of carbonyl (C=O) groups is 2. The van der Waals surface area contributed by atoms with Gasteiger partial charge in [-0.3, -0.25) is 4.79 Å². The van der Waals surface area contributed by atoms with Gasteiger partial charge in [0.25, 0.3) is 0 Å². The molecule has 0 atom stereocenters. The monoisotopic (exact) mass is 338 g/mol. The average molecular weight is 338 g/mol. The summed E-state index contributed by atoms with van der Waals surface area (Å²) >= 11 is 0. The third-order valence-electron chi connectivity index (χ3n) is 3.75. The van der Waals surface area contributed by atoms with Crippen LogP contribution in [0.25, 0.3) is 6.08 Å². The van der Waals surface area contributed by atoms with E-state index in [-0.39, 0.29) is 12.4 Å². The normalized spacial score (nSPS) is 10.9. The zero-order chi connectivity index (χ0) is 18.2. The van der Waals surface area contributed by atoms with Crippen molar-refractivity contribution in [3.63, 3.8) is 0 Å². The standard InChI is InChI=1S/C21H22O4/c1-15(2)17-8-10-18(11-9-17)20(22)14-25-21(23)12-7-16-5-4-6-19(13-16)24-3/h4-13,15H,14H2,1-3H3/b12-7+. The van der Waals surface area contributed by atoms with Gasteiger partial charge < -0.3 is 9.47 Å². The largest absolute Gasteiger partial charge is 0.497 e. The lowest BCUT2D eigenvalue weighted by Crippen LogP contribution is -2.12. The lowest BCUT2D eigenvalue weighted by Gasteiger charge is -2.06. The number of rotatable bonds is 7. The number of hydrogen-bond acceptors (Lipinski definition) is 4. The minimum Gasteiger partial charge on any atom is -0.497 e. The van der Waals surface area contributed by atoms with Crippen LogP contribution in [0.15, 0.2) is 54.6 Å². The third-order valence-corrected chi connectivity index (χ3v) is 3.75. The van der Waals surface area contributed by atoms with Crippen LogP contribution in [0, 0.1) is 0 Å². The molecule has 0 aliphatic rings. The first kappa shape index (κ1) is 18.5. The van der Waals surface area contributed by atoms with Gasteiger partial charge in [0.15, 0.2) is 12.4 Å². The highest BCUT2D eigenvalue weighted by atomic mass is 16.5. The van der Waals surface area contributed by atoms with E-state index in [0.29, 0.717) is 17.2 Å². The van der Waals surface area contributed by atoms with Crippen molar-refractivity contribution in [3.8, 4) is 5.75 Å². The first-order valence-corrected chi connectivity index (χ1v) is 8.11. The molecule has 2 aromatic carbocycles. The molecule has 0 amide bonds. The Morgan fingerprint density at radius 3 is 2.44 bits per heavy atom. The van der Waals surface area contributed by atoms with Gasteiger partial charge in [0.2, 0.25) is 0 Å². The Morgan fingerprint density at radius 2 is 1.80 bits per heavy atom. The Labute approximate surface area is 148 Å². The highest BCUT2D eigenvalue weighted by molar-refractivity contribution is 5.98. The van der Waals surface area contributed by atoms with Crippen LogP contribution in [0.4, 0.5) is 0 Å². The van der Waals surface area contributed by atoms with Gasteiger partial charge in [-0.05, 0) is 35.3 Å². The van der Waals surface area contributed by atoms with Gasteiger partial charge in [-0.25, -0.2) is 4.79 Å². The highest BCUT2D eigenvalue weighted by Gasteiger charge is 2.09. The fourth-order valence-electron chi connectivity index (χ4n) is 2.23. The minimum atomic E-state index is -0.560. The summed E-state index contributed by atoms with van der Waals surface area (Å²) in [4.78, 5) is 23.8. The van der Waals surface area contributed by atoms with E-state index in [9.17, 15) is 9.59 Å². The molecule has 0 aliphatic carbocycles. The first-order chi connectivity index (χ1) is 12.0. The summed E-state index contributed by atoms with van der Waals surface area (Å²) in [6.07, 6.45) is 2.91. The smallest absolute Gasteiger partial charge is 0.331 e. The molecule has 4 heteroatoms. The molecule has 0 bridgehead atoms. The molecule has 0 saturated heterocycles. The maximum absolute atomic E-state index is 12.1. The highest BCUT2D eigenvalue weighted by Crippen LogP contribution is 2.15. The Balaban J connectivity index is 1.88. The molecule has 0 unspecified atom stereocenters. The predicted molar refractivity (Wildman–Crippen MR) is 97.8 cm³/mol. The molecule has 0 radical (unpaired) electrons. The number of methoxy groups -OCH3 is 1. The van der Waals surface area contributed by atoms with E-state index in [2.05, 4.69) is 13.8 Å². The molecule has 0 spiro atoms. The number of Topliss-reactive ketones (excluding diaryl/α,β-unsaturated/α-hetero) is 1. The van der Waals surface area contributed by atoms with Crippen molar-refractivity contribution in [2.24, 2.45) is 0 Å². The summed E-state index contributed by atoms with van der Waals surface area (Å²) in [5, 5.41) is 0. The van der Waals surface area contributed by atoms with Gasteiger partial charge in [0.1, 0.15) is 5.75 Å². The Morgan fingerprint density at radius 1 is 1.08 bits per heavy atom. The number of esters is 1. The molecule has 130 valence electrons. The average Bonchev–Trinajstić information content (AvgIpc) is 2.64. The van der Waals surface area contributed by atoms with Crippen molar-refractivity contribution in [1.82, 2.24) is 0 Å². The van der Waals surface area contributed by atoms with Crippen LogP contribution < -0.4 is 4.74 Å². The first-order valence-electron chi connectivity index (χ1n) is 8.11. The number of ether oxygens (including phenoxy) is 2. The molecular formula is C21H22O4. The van der Waals surface area contributed by atoms with Crippen molar-refractivity contribution < 1.29 is 19.1 Å². The quantitative estimate of drug-likeness (QED) is 0.430. The van der Waals surface area contributed by atoms with E-state index < -0.39 is 5.97 Å². The summed E-state index contributed by atoms with van der Waals surface area (Å²) in [5.74, 6) is 0.327. The van der Waals surface area contributed by atoms with Crippen molar-refractivity contribution in [1.29, 1.82) is 0 Å². The Bertz CT molecular complexity index is 758. The van der Waals surface area contributed by atoms with Gasteiger partial charge in [0.05, 0.1) is 7.11 Å². The van der Waals surface area contributed by atoms with E-state index in [1.807, 2.05) is 30.3 Å². The number of benzene rings is 2. The molecule has 25 heavy (non-hydrogen) atoms. The minimum absolute atomic E-state index is 0.224. The Hall–Kier alpha value is -2.88. The van der Waals surface area contributed by atoms with E-state index >= 15 is 0 Å². The third kappa shape index (κ3) is 5.60. The van der Waals surface area contributed by atoms with Crippen LogP contribution in [0.2, 0.25) is 0 Å². The number of ketones is 1. The maximum atomic E-state index is 12.1. The molecule has 2 aromatic rings. The summed E-state index contributed by atoms with van der Waals surface area (Å²) in [5.41, 5.74) is 2.51. The fourth-order valence-corrected chi connectivity index (χ4v) is 2.23. The van der Waals surface area contributed by atoms with Gasteiger partial charge in [-0.1, -0.05) is 50.2 Å². The molecular weight excluding hydrogens is 316 g/mol. The molecule has 0 fully saturated rings. The van der Waals surface area contributed by atoms with E-state index in [4.69, 9.17) is 9.47 Å². The molecule has 0 aromatic heterocycles. The second-order valence-corrected chi connectivity index (χ2v) is 5.92. The summed E-state index contributed by atoms with van der Waals surface area (Å²) < 4.78 is 10.1.